The number of halogens is 1. The van der Waals surface area contributed by atoms with E-state index in [1.807, 2.05) is 18.2 Å². The third kappa shape index (κ3) is 4.18. The summed E-state index contributed by atoms with van der Waals surface area (Å²) in [6, 6.07) is 17.5. The SMILES string of the molecule is CCCC(NCc1ccc(F)cc1)c1ccccc1. The van der Waals surface area contributed by atoms with Crippen molar-refractivity contribution in [3.8, 4) is 0 Å². The van der Waals surface area contributed by atoms with Crippen LogP contribution in [0.2, 0.25) is 0 Å². The smallest absolute Gasteiger partial charge is 0.123 e. The molecule has 2 aromatic rings. The van der Waals surface area contributed by atoms with E-state index >= 15 is 0 Å². The third-order valence-electron chi connectivity index (χ3n) is 3.25. The highest BCUT2D eigenvalue weighted by atomic mass is 19.1. The predicted octanol–water partition coefficient (Wildman–Crippen LogP) is 4.46. The zero-order valence-corrected chi connectivity index (χ0v) is 11.3. The van der Waals surface area contributed by atoms with E-state index in [0.717, 1.165) is 24.9 Å². The molecule has 0 heterocycles. The van der Waals surface area contributed by atoms with E-state index in [0.29, 0.717) is 6.04 Å². The van der Waals surface area contributed by atoms with Crippen molar-refractivity contribution in [1.29, 1.82) is 0 Å². The first-order valence-electron chi connectivity index (χ1n) is 6.82. The molecule has 2 aromatic carbocycles. The van der Waals surface area contributed by atoms with Gasteiger partial charge in [0.2, 0.25) is 0 Å². The van der Waals surface area contributed by atoms with Crippen LogP contribution in [0.25, 0.3) is 0 Å². The van der Waals surface area contributed by atoms with Crippen molar-refractivity contribution in [1.82, 2.24) is 5.32 Å². The Balaban J connectivity index is 1.99. The second-order valence-corrected chi connectivity index (χ2v) is 4.76. The average Bonchev–Trinajstić information content (AvgIpc) is 2.46. The van der Waals surface area contributed by atoms with Crippen molar-refractivity contribution in [2.45, 2.75) is 32.4 Å². The molecule has 0 aliphatic carbocycles. The molecule has 1 atom stereocenters. The van der Waals surface area contributed by atoms with Crippen LogP contribution in [0.4, 0.5) is 4.39 Å². The van der Waals surface area contributed by atoms with Gasteiger partial charge in [0.15, 0.2) is 0 Å². The molecular weight excluding hydrogens is 237 g/mol. The lowest BCUT2D eigenvalue weighted by Gasteiger charge is -2.18. The molecule has 100 valence electrons. The largest absolute Gasteiger partial charge is 0.306 e. The topological polar surface area (TPSA) is 12.0 Å². The Morgan fingerprint density at radius 1 is 1.00 bits per heavy atom. The second kappa shape index (κ2) is 7.05. The molecule has 19 heavy (non-hydrogen) atoms. The minimum atomic E-state index is -0.183. The van der Waals surface area contributed by atoms with Gasteiger partial charge in [-0.2, -0.15) is 0 Å². The van der Waals surface area contributed by atoms with Crippen LogP contribution < -0.4 is 5.32 Å². The summed E-state index contributed by atoms with van der Waals surface area (Å²) >= 11 is 0. The van der Waals surface area contributed by atoms with Crippen molar-refractivity contribution < 1.29 is 4.39 Å². The predicted molar refractivity (Wildman–Crippen MR) is 77.3 cm³/mol. The molecule has 0 radical (unpaired) electrons. The molecule has 0 aliphatic heterocycles. The van der Waals surface area contributed by atoms with E-state index in [-0.39, 0.29) is 5.82 Å². The molecule has 0 aliphatic rings. The van der Waals surface area contributed by atoms with Gasteiger partial charge in [-0.1, -0.05) is 55.8 Å². The number of benzene rings is 2. The molecule has 0 spiro atoms. The average molecular weight is 257 g/mol. The van der Waals surface area contributed by atoms with Crippen LogP contribution in [-0.2, 0) is 6.54 Å². The van der Waals surface area contributed by atoms with E-state index < -0.39 is 0 Å². The van der Waals surface area contributed by atoms with Crippen LogP contribution in [0.3, 0.4) is 0 Å². The summed E-state index contributed by atoms with van der Waals surface area (Å²) in [4.78, 5) is 0. The van der Waals surface area contributed by atoms with Gasteiger partial charge in [0.05, 0.1) is 0 Å². The van der Waals surface area contributed by atoms with Crippen LogP contribution in [0, 0.1) is 5.82 Å². The number of rotatable bonds is 6. The molecule has 1 unspecified atom stereocenters. The van der Waals surface area contributed by atoms with Crippen molar-refractivity contribution >= 4 is 0 Å². The van der Waals surface area contributed by atoms with Gasteiger partial charge in [-0.15, -0.1) is 0 Å². The second-order valence-electron chi connectivity index (χ2n) is 4.76. The maximum absolute atomic E-state index is 12.9. The molecular formula is C17H20FN. The van der Waals surface area contributed by atoms with Crippen LogP contribution in [0.1, 0.15) is 36.9 Å². The Labute approximate surface area is 114 Å². The molecule has 1 N–H and O–H groups in total. The highest BCUT2D eigenvalue weighted by molar-refractivity contribution is 5.20. The van der Waals surface area contributed by atoms with E-state index in [1.54, 1.807) is 0 Å². The summed E-state index contributed by atoms with van der Waals surface area (Å²) in [6.45, 7) is 2.95. The zero-order chi connectivity index (χ0) is 13.5. The molecule has 2 rings (SSSR count). The summed E-state index contributed by atoms with van der Waals surface area (Å²) in [6.07, 6.45) is 2.24. The monoisotopic (exact) mass is 257 g/mol. The molecule has 1 nitrogen and oxygen atoms in total. The van der Waals surface area contributed by atoms with Gasteiger partial charge in [0.25, 0.3) is 0 Å². The maximum atomic E-state index is 12.9. The summed E-state index contributed by atoms with van der Waals surface area (Å²) in [5.41, 5.74) is 2.42. The van der Waals surface area contributed by atoms with Crippen LogP contribution in [0.15, 0.2) is 54.6 Å². The first-order chi connectivity index (χ1) is 9.29. The first kappa shape index (κ1) is 13.8. The molecule has 0 fully saturated rings. The van der Waals surface area contributed by atoms with Crippen molar-refractivity contribution in [3.63, 3.8) is 0 Å². The molecule has 0 saturated heterocycles. The van der Waals surface area contributed by atoms with Gasteiger partial charge in [-0.3, -0.25) is 0 Å². The number of hydrogen-bond donors (Lipinski definition) is 1. The lowest BCUT2D eigenvalue weighted by atomic mass is 10.0. The van der Waals surface area contributed by atoms with Gasteiger partial charge in [0, 0.05) is 12.6 Å². The lowest BCUT2D eigenvalue weighted by molar-refractivity contribution is 0.493. The van der Waals surface area contributed by atoms with E-state index in [2.05, 4.69) is 36.5 Å². The van der Waals surface area contributed by atoms with E-state index in [9.17, 15) is 4.39 Å². The standard InChI is InChI=1S/C17H20FN/c1-2-6-17(15-7-4-3-5-8-15)19-13-14-9-11-16(18)12-10-14/h3-5,7-12,17,19H,2,6,13H2,1H3. The number of hydrogen-bond acceptors (Lipinski definition) is 1. The Hall–Kier alpha value is -1.67. The summed E-state index contributed by atoms with van der Waals surface area (Å²) < 4.78 is 12.9. The minimum Gasteiger partial charge on any atom is -0.306 e. The Bertz CT molecular complexity index is 478. The molecule has 0 aromatic heterocycles. The molecule has 0 bridgehead atoms. The first-order valence-corrected chi connectivity index (χ1v) is 6.82. The maximum Gasteiger partial charge on any atom is 0.123 e. The normalized spacial score (nSPS) is 12.3. The summed E-state index contributed by atoms with van der Waals surface area (Å²) in [7, 11) is 0. The molecule has 0 saturated carbocycles. The van der Waals surface area contributed by atoms with Gasteiger partial charge in [-0.25, -0.2) is 4.39 Å². The molecule has 0 amide bonds. The van der Waals surface area contributed by atoms with Crippen molar-refractivity contribution in [2.24, 2.45) is 0 Å². The Morgan fingerprint density at radius 2 is 1.68 bits per heavy atom. The fourth-order valence-corrected chi connectivity index (χ4v) is 2.20. The molecule has 2 heteroatoms. The van der Waals surface area contributed by atoms with Gasteiger partial charge < -0.3 is 5.32 Å². The van der Waals surface area contributed by atoms with E-state index in [1.165, 1.54) is 17.7 Å². The third-order valence-corrected chi connectivity index (χ3v) is 3.25. The quantitative estimate of drug-likeness (QED) is 0.805. The van der Waals surface area contributed by atoms with Gasteiger partial charge >= 0.3 is 0 Å². The fourth-order valence-electron chi connectivity index (χ4n) is 2.20. The van der Waals surface area contributed by atoms with Gasteiger partial charge in [0.1, 0.15) is 5.82 Å². The van der Waals surface area contributed by atoms with Crippen LogP contribution >= 0.6 is 0 Å². The van der Waals surface area contributed by atoms with Gasteiger partial charge in [-0.05, 0) is 29.7 Å². The fraction of sp³-hybridized carbons (Fsp3) is 0.294. The lowest BCUT2D eigenvalue weighted by Crippen LogP contribution is -2.20. The summed E-state index contributed by atoms with van der Waals surface area (Å²) in [5.74, 6) is -0.183. The van der Waals surface area contributed by atoms with Crippen molar-refractivity contribution in [3.05, 3.63) is 71.5 Å². The zero-order valence-electron chi connectivity index (χ0n) is 11.3. The highest BCUT2D eigenvalue weighted by Crippen LogP contribution is 2.18. The Kier molecular flexibility index (Phi) is 5.10. The number of nitrogens with one attached hydrogen (secondary N) is 1. The summed E-state index contributed by atoms with van der Waals surface area (Å²) in [5, 5.41) is 3.55. The van der Waals surface area contributed by atoms with Crippen LogP contribution in [-0.4, -0.2) is 0 Å². The van der Waals surface area contributed by atoms with Crippen molar-refractivity contribution in [2.75, 3.05) is 0 Å². The van der Waals surface area contributed by atoms with Crippen LogP contribution in [0.5, 0.6) is 0 Å². The minimum absolute atomic E-state index is 0.183. The highest BCUT2D eigenvalue weighted by Gasteiger charge is 2.09. The Morgan fingerprint density at radius 3 is 2.32 bits per heavy atom. The van der Waals surface area contributed by atoms with E-state index in [4.69, 9.17) is 0 Å².